The molecule has 0 aliphatic heterocycles. The smallest absolute Gasteiger partial charge is 0.550 e. The average Bonchev–Trinajstić information content (AvgIpc) is 2.94. The van der Waals surface area contributed by atoms with E-state index in [1.54, 1.807) is 18.2 Å². The van der Waals surface area contributed by atoms with Crippen LogP contribution in [0.25, 0.3) is 32.8 Å². The number of para-hydroxylation sites is 1. The quantitative estimate of drug-likeness (QED) is 0.250. The molecule has 2 N–H and O–H groups in total. The number of carbonyl (C=O) groups excluding carboxylic acids is 1. The summed E-state index contributed by atoms with van der Waals surface area (Å²) in [7, 11) is 0. The number of carboxylic acid groups (broad SMARTS) is 1. The number of hydrogen-bond acceptors (Lipinski definition) is 7. The van der Waals surface area contributed by atoms with Crippen LogP contribution in [0.2, 0.25) is 0 Å². The second kappa shape index (κ2) is 13.4. The normalized spacial score (nSPS) is 12.5. The third kappa shape index (κ3) is 7.04. The Bertz CT molecular complexity index is 1680. The van der Waals surface area contributed by atoms with E-state index in [9.17, 15) is 24.5 Å². The first kappa shape index (κ1) is 30.4. The van der Waals surface area contributed by atoms with Gasteiger partial charge in [0.2, 0.25) is 5.88 Å². The van der Waals surface area contributed by atoms with Gasteiger partial charge in [-0.15, -0.1) is 0 Å². The van der Waals surface area contributed by atoms with Crippen LogP contribution in [0.1, 0.15) is 18.4 Å². The van der Waals surface area contributed by atoms with E-state index in [0.717, 1.165) is 27.2 Å². The number of aliphatic hydroxyl groups excluding tert-OH is 2. The van der Waals surface area contributed by atoms with E-state index in [0.29, 0.717) is 28.5 Å². The van der Waals surface area contributed by atoms with E-state index in [2.05, 4.69) is 4.98 Å². The molecule has 0 radical (unpaired) electrons. The van der Waals surface area contributed by atoms with Crippen molar-refractivity contribution in [1.82, 2.24) is 4.98 Å². The number of nitrogens with zero attached hydrogens (tertiary/aromatic N) is 1. The number of pyridine rings is 1. The Kier molecular flexibility index (Phi) is 9.96. The fourth-order valence-corrected chi connectivity index (χ4v) is 4.77. The van der Waals surface area contributed by atoms with Gasteiger partial charge in [0, 0.05) is 35.6 Å². The number of aliphatic carboxylic acids is 1. The Balaban J connectivity index is 0.00000387. The number of aryl methyl sites for hydroxylation is 1. The molecule has 0 amide bonds. The van der Waals surface area contributed by atoms with E-state index in [-0.39, 0.29) is 42.6 Å². The first-order chi connectivity index (χ1) is 19.3. The van der Waals surface area contributed by atoms with Crippen molar-refractivity contribution in [3.63, 3.8) is 0 Å². The Hall–Kier alpha value is -3.53. The fourth-order valence-electron chi connectivity index (χ4n) is 4.77. The van der Waals surface area contributed by atoms with Crippen LogP contribution >= 0.6 is 0 Å². The van der Waals surface area contributed by atoms with Crippen molar-refractivity contribution in [2.45, 2.75) is 32.0 Å². The zero-order valence-corrected chi connectivity index (χ0v) is 24.7. The largest absolute Gasteiger partial charge is 1.00 e. The molecule has 0 aliphatic carbocycles. The molecule has 0 bridgehead atoms. The topological polar surface area (TPSA) is 112 Å². The molecular weight excluding hydrogens is 536 g/mol. The molecule has 1 aromatic heterocycles. The van der Waals surface area contributed by atoms with Crippen LogP contribution in [0.3, 0.4) is 0 Å². The number of rotatable bonds is 10. The number of aromatic nitrogens is 1. The Morgan fingerprint density at radius 2 is 1.59 bits per heavy atom. The van der Waals surface area contributed by atoms with Gasteiger partial charge in [-0.1, -0.05) is 54.6 Å². The van der Waals surface area contributed by atoms with Gasteiger partial charge in [0.25, 0.3) is 0 Å². The SMILES string of the molecule is Cc1c(OC[C@@H](O)C[C@@H](O)CC(=O)[O-])c(-c2ccc(F)cc2)c(Oc2ccc3ccccc3n2)c2ccccc12.[Na+]. The maximum absolute atomic E-state index is 13.9. The number of aliphatic hydroxyl groups is 2. The van der Waals surface area contributed by atoms with Gasteiger partial charge in [-0.3, -0.25) is 0 Å². The van der Waals surface area contributed by atoms with Crippen molar-refractivity contribution in [2.24, 2.45) is 0 Å². The molecule has 204 valence electrons. The van der Waals surface area contributed by atoms with Crippen molar-refractivity contribution in [1.29, 1.82) is 0 Å². The molecule has 9 heteroatoms. The second-order valence-corrected chi connectivity index (χ2v) is 9.59. The summed E-state index contributed by atoms with van der Waals surface area (Å²) in [5.41, 5.74) is 2.67. The van der Waals surface area contributed by atoms with E-state index in [4.69, 9.17) is 9.47 Å². The number of halogens is 1. The molecule has 0 saturated heterocycles. The van der Waals surface area contributed by atoms with Crippen molar-refractivity contribution in [3.05, 3.63) is 96.3 Å². The van der Waals surface area contributed by atoms with Gasteiger partial charge >= 0.3 is 29.6 Å². The van der Waals surface area contributed by atoms with Crippen LogP contribution in [0, 0.1) is 12.7 Å². The number of carbonyl (C=O) groups is 1. The Morgan fingerprint density at radius 1 is 0.902 bits per heavy atom. The molecule has 2 atom stereocenters. The predicted octanol–water partition coefficient (Wildman–Crippen LogP) is 1.93. The number of fused-ring (bicyclic) bond motifs is 2. The zero-order chi connectivity index (χ0) is 28.2. The number of carboxylic acids is 1. The molecule has 1 heterocycles. The third-order valence-corrected chi connectivity index (χ3v) is 6.65. The van der Waals surface area contributed by atoms with E-state index >= 15 is 0 Å². The monoisotopic (exact) mass is 563 g/mol. The maximum Gasteiger partial charge on any atom is 1.00 e. The minimum atomic E-state index is -1.41. The summed E-state index contributed by atoms with van der Waals surface area (Å²) in [6.07, 6.45) is -3.25. The molecule has 0 saturated carbocycles. The van der Waals surface area contributed by atoms with Crippen molar-refractivity contribution in [2.75, 3.05) is 6.61 Å². The molecule has 0 aliphatic rings. The van der Waals surface area contributed by atoms with Crippen LogP contribution in [0.5, 0.6) is 17.4 Å². The van der Waals surface area contributed by atoms with Gasteiger partial charge in [-0.2, -0.15) is 0 Å². The van der Waals surface area contributed by atoms with Gasteiger partial charge < -0.3 is 29.6 Å². The zero-order valence-electron chi connectivity index (χ0n) is 22.7. The van der Waals surface area contributed by atoms with Crippen LogP contribution in [0.15, 0.2) is 84.9 Å². The molecule has 41 heavy (non-hydrogen) atoms. The first-order valence-electron chi connectivity index (χ1n) is 12.8. The predicted molar refractivity (Wildman–Crippen MR) is 148 cm³/mol. The summed E-state index contributed by atoms with van der Waals surface area (Å²) >= 11 is 0. The molecule has 4 aromatic carbocycles. The van der Waals surface area contributed by atoms with Crippen molar-refractivity contribution in [3.8, 4) is 28.5 Å². The molecule has 7 nitrogen and oxygen atoms in total. The van der Waals surface area contributed by atoms with Gasteiger partial charge in [-0.25, -0.2) is 9.37 Å². The fraction of sp³-hybridized carbons (Fsp3) is 0.188. The van der Waals surface area contributed by atoms with E-state index in [1.165, 1.54) is 12.1 Å². The standard InChI is InChI=1S/C32H28FNO6.Na/c1-19-25-7-3-4-8-26(25)32(40-28-15-12-20-6-2-5-9-27(20)34-28)30(21-10-13-22(33)14-11-21)31(19)39-18-24(36)16-23(35)17-29(37)38;/h2-15,23-24,35-36H,16-18H2,1H3,(H,37,38);/q;+1/p-1/t23-,24+;/m1./s1. The molecule has 0 fully saturated rings. The Morgan fingerprint density at radius 3 is 2.32 bits per heavy atom. The number of ether oxygens (including phenoxy) is 2. The summed E-state index contributed by atoms with van der Waals surface area (Å²) in [5, 5.41) is 33.8. The van der Waals surface area contributed by atoms with Crippen LogP contribution in [-0.2, 0) is 4.79 Å². The molecule has 5 rings (SSSR count). The van der Waals surface area contributed by atoms with Crippen LogP contribution < -0.4 is 44.1 Å². The summed E-state index contributed by atoms with van der Waals surface area (Å²) in [6.45, 7) is 1.64. The van der Waals surface area contributed by atoms with Crippen LogP contribution in [0.4, 0.5) is 4.39 Å². The van der Waals surface area contributed by atoms with E-state index < -0.39 is 30.4 Å². The molecule has 0 spiro atoms. The molecular formula is C32H27FNNaO6. The molecule has 0 unspecified atom stereocenters. The van der Waals surface area contributed by atoms with Gasteiger partial charge in [0.15, 0.2) is 0 Å². The number of benzene rings is 4. The summed E-state index contributed by atoms with van der Waals surface area (Å²) < 4.78 is 26.5. The maximum atomic E-state index is 13.9. The second-order valence-electron chi connectivity index (χ2n) is 9.59. The van der Waals surface area contributed by atoms with Gasteiger partial charge in [0.05, 0.1) is 23.3 Å². The van der Waals surface area contributed by atoms with Gasteiger partial charge in [-0.05, 0) is 47.7 Å². The van der Waals surface area contributed by atoms with Crippen LogP contribution in [-0.4, -0.2) is 40.0 Å². The Labute approximate surface area is 258 Å². The first-order valence-corrected chi connectivity index (χ1v) is 12.8. The average molecular weight is 564 g/mol. The third-order valence-electron chi connectivity index (χ3n) is 6.65. The minimum Gasteiger partial charge on any atom is -0.550 e. The summed E-state index contributed by atoms with van der Waals surface area (Å²) in [6, 6.07) is 24.9. The molecule has 5 aromatic rings. The summed E-state index contributed by atoms with van der Waals surface area (Å²) in [5.74, 6) is -0.618. The van der Waals surface area contributed by atoms with Gasteiger partial charge in [0.1, 0.15) is 23.9 Å². The van der Waals surface area contributed by atoms with Crippen molar-refractivity contribution < 1.29 is 63.5 Å². The summed E-state index contributed by atoms with van der Waals surface area (Å²) in [4.78, 5) is 15.5. The van der Waals surface area contributed by atoms with Crippen molar-refractivity contribution >= 4 is 27.6 Å². The minimum absolute atomic E-state index is 0. The van der Waals surface area contributed by atoms with E-state index in [1.807, 2.05) is 61.5 Å². The number of hydrogen-bond donors (Lipinski definition) is 2.